The minimum Gasteiger partial charge on any atom is -0.385 e. The fraction of sp³-hybridized carbons (Fsp3) is 0.469. The van der Waals surface area contributed by atoms with E-state index in [0.29, 0.717) is 19.6 Å². The van der Waals surface area contributed by atoms with Crippen molar-refractivity contribution in [2.75, 3.05) is 44.6 Å². The Hall–Kier alpha value is -3.77. The molecule has 1 saturated carbocycles. The molecule has 2 fully saturated rings. The molecule has 1 saturated heterocycles. The molecule has 1 amide bonds. The molecule has 1 atom stereocenters. The van der Waals surface area contributed by atoms with Gasteiger partial charge in [0, 0.05) is 50.5 Å². The molecule has 8 nitrogen and oxygen atoms in total. The number of alkyl halides is 3. The van der Waals surface area contributed by atoms with E-state index in [0.717, 1.165) is 67.2 Å². The number of rotatable bonds is 9. The summed E-state index contributed by atoms with van der Waals surface area (Å²) in [6, 6.07) is 14.0. The van der Waals surface area contributed by atoms with E-state index in [1.54, 1.807) is 6.07 Å². The number of hydrogen-bond acceptors (Lipinski definition) is 6. The van der Waals surface area contributed by atoms with Crippen LogP contribution in [0.5, 0.6) is 0 Å². The third kappa shape index (κ3) is 7.65. The highest BCUT2D eigenvalue weighted by Gasteiger charge is 2.38. The smallest absolute Gasteiger partial charge is 0.385 e. The Balaban J connectivity index is 1.02. The Morgan fingerprint density at radius 1 is 1.00 bits per heavy atom. The molecule has 12 heteroatoms. The number of anilines is 1. The average molecular weight is 617 g/mol. The first-order valence-electron chi connectivity index (χ1n) is 14.9. The summed E-state index contributed by atoms with van der Waals surface area (Å²) < 4.78 is 59.2. The number of benzene rings is 3. The Bertz CT molecular complexity index is 1480. The van der Waals surface area contributed by atoms with E-state index in [9.17, 15) is 32.5 Å². The summed E-state index contributed by atoms with van der Waals surface area (Å²) in [4.78, 5) is 27.0. The van der Waals surface area contributed by atoms with Crippen LogP contribution in [0.3, 0.4) is 0 Å². The lowest BCUT2D eigenvalue weighted by molar-refractivity contribution is -0.388. The summed E-state index contributed by atoms with van der Waals surface area (Å²) in [5, 5.41) is 15.8. The van der Waals surface area contributed by atoms with Gasteiger partial charge in [0.25, 0.3) is 5.69 Å². The van der Waals surface area contributed by atoms with Crippen LogP contribution in [0.4, 0.5) is 28.9 Å². The molecule has 1 unspecified atom stereocenters. The molecule has 0 bridgehead atoms. The van der Waals surface area contributed by atoms with E-state index >= 15 is 0 Å². The van der Waals surface area contributed by atoms with Crippen molar-refractivity contribution in [1.29, 1.82) is 0 Å². The highest BCUT2D eigenvalue weighted by Crippen LogP contribution is 2.38. The maximum absolute atomic E-state index is 13.5. The number of ether oxygens (including phenoxy) is 1. The van der Waals surface area contributed by atoms with Crippen LogP contribution in [0.25, 0.3) is 10.8 Å². The highest BCUT2D eigenvalue weighted by molar-refractivity contribution is 5.83. The van der Waals surface area contributed by atoms with Gasteiger partial charge in [0.2, 0.25) is 5.91 Å². The third-order valence-corrected chi connectivity index (χ3v) is 8.85. The van der Waals surface area contributed by atoms with Gasteiger partial charge in [-0.15, -0.1) is 0 Å². The number of nitro groups is 1. The first-order chi connectivity index (χ1) is 21.0. The minimum atomic E-state index is -4.82. The lowest BCUT2D eigenvalue weighted by atomic mass is 9.87. The van der Waals surface area contributed by atoms with Crippen LogP contribution in [0, 0.1) is 21.8 Å². The second-order valence-corrected chi connectivity index (χ2v) is 11.7. The molecule has 44 heavy (non-hydrogen) atoms. The van der Waals surface area contributed by atoms with Crippen molar-refractivity contribution < 1.29 is 32.0 Å². The Labute approximate surface area is 253 Å². The van der Waals surface area contributed by atoms with Crippen molar-refractivity contribution >= 4 is 28.1 Å². The SMILES string of the molecule is CC(c1ccc2cc(F)ccc2c1)N1CCN(C(=O)COC2CCC(CNc3ccc([N+](=O)[O-])c(C(F)(F)F)c3)CC2)CC1. The number of hydrogen-bond donors (Lipinski definition) is 1. The standard InChI is InChI=1S/C32H36F4N4O4/c1-21(23-4-5-25-17-26(33)7-6-24(25)16-23)38-12-14-39(15-13-38)31(41)20-44-28-9-2-22(3-10-28)19-37-27-8-11-30(40(42)43)29(18-27)32(34,35)36/h4-8,11,16-18,21-22,28,37H,2-3,9-10,12-15,19-20H2,1H3. The maximum atomic E-state index is 13.5. The lowest BCUT2D eigenvalue weighted by Gasteiger charge is -2.38. The third-order valence-electron chi connectivity index (χ3n) is 8.85. The van der Waals surface area contributed by atoms with Crippen molar-refractivity contribution in [2.24, 2.45) is 5.92 Å². The van der Waals surface area contributed by atoms with Gasteiger partial charge in [-0.2, -0.15) is 13.2 Å². The Morgan fingerprint density at radius 2 is 1.68 bits per heavy atom. The van der Waals surface area contributed by atoms with Gasteiger partial charge in [-0.3, -0.25) is 19.8 Å². The number of carbonyl (C=O) groups is 1. The first kappa shape index (κ1) is 31.6. The normalized spacial score (nSPS) is 20.4. The predicted molar refractivity (Wildman–Crippen MR) is 159 cm³/mol. The molecule has 1 N–H and O–H groups in total. The topological polar surface area (TPSA) is 88.0 Å². The molecule has 1 heterocycles. The van der Waals surface area contributed by atoms with Gasteiger partial charge in [0.15, 0.2) is 0 Å². The van der Waals surface area contributed by atoms with Gasteiger partial charge < -0.3 is 15.0 Å². The van der Waals surface area contributed by atoms with Crippen LogP contribution in [0.2, 0.25) is 0 Å². The molecular weight excluding hydrogens is 580 g/mol. The molecule has 2 aliphatic rings. The molecule has 1 aliphatic heterocycles. The molecule has 0 spiro atoms. The number of halogens is 4. The van der Waals surface area contributed by atoms with Crippen molar-refractivity contribution in [2.45, 2.75) is 50.9 Å². The largest absolute Gasteiger partial charge is 0.423 e. The predicted octanol–water partition coefficient (Wildman–Crippen LogP) is 6.80. The van der Waals surface area contributed by atoms with Gasteiger partial charge in [-0.25, -0.2) is 4.39 Å². The molecule has 1 aliphatic carbocycles. The van der Waals surface area contributed by atoms with Gasteiger partial charge in [0.1, 0.15) is 18.0 Å². The number of amides is 1. The zero-order valence-corrected chi connectivity index (χ0v) is 24.5. The molecule has 0 radical (unpaired) electrons. The number of nitrogens with one attached hydrogen (secondary N) is 1. The van der Waals surface area contributed by atoms with E-state index in [1.807, 2.05) is 17.0 Å². The average Bonchev–Trinajstić information content (AvgIpc) is 3.02. The van der Waals surface area contributed by atoms with Crippen molar-refractivity contribution in [3.05, 3.63) is 81.7 Å². The van der Waals surface area contributed by atoms with Gasteiger partial charge in [-0.05, 0) is 85.2 Å². The summed E-state index contributed by atoms with van der Waals surface area (Å²) in [5.41, 5.74) is -0.895. The van der Waals surface area contributed by atoms with Gasteiger partial charge >= 0.3 is 6.18 Å². The van der Waals surface area contributed by atoms with Crippen molar-refractivity contribution in [3.63, 3.8) is 0 Å². The Kier molecular flexibility index (Phi) is 9.69. The zero-order valence-electron chi connectivity index (χ0n) is 24.5. The van der Waals surface area contributed by atoms with E-state index in [1.165, 1.54) is 18.2 Å². The van der Waals surface area contributed by atoms with Crippen LogP contribution < -0.4 is 5.32 Å². The van der Waals surface area contributed by atoms with E-state index in [4.69, 9.17) is 4.74 Å². The number of fused-ring (bicyclic) bond motifs is 1. The second kappa shape index (κ2) is 13.5. The molecule has 5 rings (SSSR count). The lowest BCUT2D eigenvalue weighted by Crippen LogP contribution is -2.50. The van der Waals surface area contributed by atoms with E-state index in [2.05, 4.69) is 23.2 Å². The van der Waals surface area contributed by atoms with E-state index in [-0.39, 0.29) is 42.1 Å². The summed E-state index contributed by atoms with van der Waals surface area (Å²) in [6.45, 7) is 5.32. The van der Waals surface area contributed by atoms with Crippen molar-refractivity contribution in [3.8, 4) is 0 Å². The second-order valence-electron chi connectivity index (χ2n) is 11.7. The number of nitro benzene ring substituents is 1. The Morgan fingerprint density at radius 3 is 2.36 bits per heavy atom. The fourth-order valence-electron chi connectivity index (χ4n) is 6.14. The van der Waals surface area contributed by atoms with Gasteiger partial charge in [0.05, 0.1) is 11.0 Å². The monoisotopic (exact) mass is 616 g/mol. The van der Waals surface area contributed by atoms with Crippen LogP contribution in [-0.4, -0.2) is 66.1 Å². The quantitative estimate of drug-likeness (QED) is 0.162. The summed E-state index contributed by atoms with van der Waals surface area (Å²) >= 11 is 0. The fourth-order valence-corrected chi connectivity index (χ4v) is 6.14. The molecule has 3 aromatic rings. The van der Waals surface area contributed by atoms with Crippen molar-refractivity contribution in [1.82, 2.24) is 9.80 Å². The number of nitrogens with zero attached hydrogens (tertiary/aromatic N) is 3. The molecule has 3 aromatic carbocycles. The van der Waals surface area contributed by atoms with Crippen LogP contribution >= 0.6 is 0 Å². The summed E-state index contributed by atoms with van der Waals surface area (Å²) in [6.07, 6.45) is -1.78. The number of carbonyl (C=O) groups excluding carboxylic acids is 1. The summed E-state index contributed by atoms with van der Waals surface area (Å²) in [7, 11) is 0. The molecule has 0 aromatic heterocycles. The molecular formula is C32H36F4N4O4. The van der Waals surface area contributed by atoms with Crippen LogP contribution in [-0.2, 0) is 15.7 Å². The number of piperazine rings is 1. The van der Waals surface area contributed by atoms with E-state index < -0.39 is 22.4 Å². The molecule has 236 valence electrons. The first-order valence-corrected chi connectivity index (χ1v) is 14.9. The zero-order chi connectivity index (χ0) is 31.4. The van der Waals surface area contributed by atoms with Gasteiger partial charge in [-0.1, -0.05) is 18.2 Å². The minimum absolute atomic E-state index is 0.0212. The van der Waals surface area contributed by atoms with Crippen LogP contribution in [0.1, 0.15) is 49.8 Å². The summed E-state index contributed by atoms with van der Waals surface area (Å²) in [5.74, 6) is -0.0695. The maximum Gasteiger partial charge on any atom is 0.423 e. The highest BCUT2D eigenvalue weighted by atomic mass is 19.4. The van der Waals surface area contributed by atoms with Crippen LogP contribution in [0.15, 0.2) is 54.6 Å².